The van der Waals surface area contributed by atoms with Crippen LogP contribution in [0.4, 0.5) is 0 Å². The van der Waals surface area contributed by atoms with Gasteiger partial charge in [0.25, 0.3) is 5.91 Å². The molecule has 0 bridgehead atoms. The number of aliphatic imine (C=N–C) groups is 1. The largest absolute Gasteiger partial charge is 0.334 e. The van der Waals surface area contributed by atoms with Gasteiger partial charge in [0.1, 0.15) is 0 Å². The first-order valence-corrected chi connectivity index (χ1v) is 9.80. The summed E-state index contributed by atoms with van der Waals surface area (Å²) in [7, 11) is 0. The van der Waals surface area contributed by atoms with Crippen molar-refractivity contribution >= 4 is 23.6 Å². The number of allylic oxidation sites excluding steroid dienone is 4. The fourth-order valence-electron chi connectivity index (χ4n) is 4.14. The summed E-state index contributed by atoms with van der Waals surface area (Å²) < 4.78 is 0. The molecular formula is C25H20N2O2. The highest BCUT2D eigenvalue weighted by molar-refractivity contribution is 6.19. The molecule has 2 aliphatic heterocycles. The molecule has 3 aliphatic rings. The minimum Gasteiger partial charge on any atom is -0.334 e. The van der Waals surface area contributed by atoms with Gasteiger partial charge < -0.3 is 4.90 Å². The van der Waals surface area contributed by atoms with Crippen molar-refractivity contribution in [2.75, 3.05) is 0 Å². The topological polar surface area (TPSA) is 49.7 Å². The van der Waals surface area contributed by atoms with Gasteiger partial charge in [-0.05, 0) is 27.8 Å². The van der Waals surface area contributed by atoms with Gasteiger partial charge in [-0.3, -0.25) is 9.59 Å². The Labute approximate surface area is 169 Å². The van der Waals surface area contributed by atoms with E-state index in [-0.39, 0.29) is 17.7 Å². The Balaban J connectivity index is 1.32. The first-order chi connectivity index (χ1) is 14.2. The lowest BCUT2D eigenvalue weighted by molar-refractivity contribution is -0.131. The summed E-state index contributed by atoms with van der Waals surface area (Å²) in [6, 6.07) is 16.2. The van der Waals surface area contributed by atoms with Crippen LogP contribution in [-0.4, -0.2) is 22.9 Å². The van der Waals surface area contributed by atoms with Gasteiger partial charge in [0, 0.05) is 24.9 Å². The van der Waals surface area contributed by atoms with E-state index in [4.69, 9.17) is 0 Å². The molecule has 142 valence electrons. The Hall–Kier alpha value is -3.53. The van der Waals surface area contributed by atoms with Gasteiger partial charge in [-0.2, -0.15) is 0 Å². The monoisotopic (exact) mass is 380 g/mol. The molecule has 0 radical (unpaired) electrons. The maximum Gasteiger partial charge on any atom is 0.257 e. The molecule has 0 saturated carbocycles. The van der Waals surface area contributed by atoms with Crippen LogP contribution in [0.1, 0.15) is 22.3 Å². The van der Waals surface area contributed by atoms with Gasteiger partial charge in [-0.1, -0.05) is 72.8 Å². The fraction of sp³-hybridized carbons (Fsp3) is 0.160. The number of hydrogen-bond acceptors (Lipinski definition) is 2. The van der Waals surface area contributed by atoms with E-state index in [1.807, 2.05) is 65.6 Å². The van der Waals surface area contributed by atoms with Crippen molar-refractivity contribution in [1.82, 2.24) is 4.90 Å². The Morgan fingerprint density at radius 1 is 1.00 bits per heavy atom. The van der Waals surface area contributed by atoms with Crippen LogP contribution in [0, 0.1) is 5.92 Å². The molecule has 5 rings (SSSR count). The van der Waals surface area contributed by atoms with E-state index < -0.39 is 0 Å². The molecule has 2 aromatic rings. The molecule has 2 amide bonds. The second-order valence-corrected chi connectivity index (χ2v) is 7.58. The number of benzene rings is 2. The van der Waals surface area contributed by atoms with E-state index in [9.17, 15) is 9.59 Å². The summed E-state index contributed by atoms with van der Waals surface area (Å²) >= 11 is 0. The van der Waals surface area contributed by atoms with Crippen LogP contribution in [0.2, 0.25) is 0 Å². The summed E-state index contributed by atoms with van der Waals surface area (Å²) in [5.74, 6) is -0.280. The minimum absolute atomic E-state index is 0.127. The third kappa shape index (κ3) is 3.27. The Kier molecular flexibility index (Phi) is 4.32. The van der Waals surface area contributed by atoms with Crippen molar-refractivity contribution in [3.63, 3.8) is 0 Å². The molecular weight excluding hydrogens is 360 g/mol. The SMILES string of the molecule is O=C1N=CC(c2ccc(CC(=O)N3Cc4ccccc4C3)cc2)=C2C=CC=CC12. The van der Waals surface area contributed by atoms with E-state index in [1.165, 1.54) is 11.1 Å². The number of amides is 2. The zero-order valence-electron chi connectivity index (χ0n) is 15.9. The molecule has 0 N–H and O–H groups in total. The van der Waals surface area contributed by atoms with Gasteiger partial charge in [-0.15, -0.1) is 0 Å². The highest BCUT2D eigenvalue weighted by atomic mass is 16.2. The molecule has 2 aromatic carbocycles. The number of carbonyl (C=O) groups excluding carboxylic acids is 2. The summed E-state index contributed by atoms with van der Waals surface area (Å²) in [4.78, 5) is 30.7. The van der Waals surface area contributed by atoms with Crippen LogP contribution in [0.25, 0.3) is 5.57 Å². The van der Waals surface area contributed by atoms with Crippen molar-refractivity contribution in [3.8, 4) is 0 Å². The van der Waals surface area contributed by atoms with E-state index >= 15 is 0 Å². The van der Waals surface area contributed by atoms with Crippen LogP contribution >= 0.6 is 0 Å². The molecule has 0 spiro atoms. The predicted octanol–water partition coefficient (Wildman–Crippen LogP) is 3.88. The standard InChI is InChI=1S/C25H20N2O2/c28-24(27-15-19-5-1-2-6-20(19)16-27)13-17-9-11-18(12-10-17)23-14-26-25(29)22-8-4-3-7-21(22)23/h1-12,14,22H,13,15-16H2. The third-order valence-corrected chi connectivity index (χ3v) is 5.74. The van der Waals surface area contributed by atoms with Gasteiger partial charge in [0.05, 0.1) is 12.3 Å². The highest BCUT2D eigenvalue weighted by Gasteiger charge is 2.26. The molecule has 2 heterocycles. The Bertz CT molecular complexity index is 1090. The van der Waals surface area contributed by atoms with Crippen LogP contribution in [0.3, 0.4) is 0 Å². The fourth-order valence-corrected chi connectivity index (χ4v) is 4.14. The minimum atomic E-state index is -0.293. The number of rotatable bonds is 3. The molecule has 0 saturated heterocycles. The zero-order valence-corrected chi connectivity index (χ0v) is 15.9. The lowest BCUT2D eigenvalue weighted by Gasteiger charge is -2.21. The number of fused-ring (bicyclic) bond motifs is 2. The van der Waals surface area contributed by atoms with Gasteiger partial charge in [0.2, 0.25) is 5.91 Å². The Morgan fingerprint density at radius 3 is 2.45 bits per heavy atom. The van der Waals surface area contributed by atoms with Crippen LogP contribution < -0.4 is 0 Å². The maximum atomic E-state index is 12.7. The molecule has 1 atom stereocenters. The first kappa shape index (κ1) is 17.6. The number of hydrogen-bond donors (Lipinski definition) is 0. The molecule has 1 aliphatic carbocycles. The molecule has 0 fully saturated rings. The van der Waals surface area contributed by atoms with Crippen LogP contribution in [-0.2, 0) is 29.1 Å². The normalized spacial score (nSPS) is 19.5. The first-order valence-electron chi connectivity index (χ1n) is 9.80. The lowest BCUT2D eigenvalue weighted by Crippen LogP contribution is -2.26. The predicted molar refractivity (Wildman–Crippen MR) is 113 cm³/mol. The van der Waals surface area contributed by atoms with Crippen molar-refractivity contribution in [3.05, 3.63) is 101 Å². The third-order valence-electron chi connectivity index (χ3n) is 5.74. The van der Waals surface area contributed by atoms with Crippen LogP contribution in [0.15, 0.2) is 83.4 Å². The quantitative estimate of drug-likeness (QED) is 0.811. The number of nitrogens with zero attached hydrogens (tertiary/aromatic N) is 2. The van der Waals surface area contributed by atoms with Crippen molar-refractivity contribution in [2.45, 2.75) is 19.5 Å². The molecule has 1 unspecified atom stereocenters. The van der Waals surface area contributed by atoms with Gasteiger partial charge in [-0.25, -0.2) is 4.99 Å². The number of dihydropyridines is 1. The summed E-state index contributed by atoms with van der Waals surface area (Å²) in [6.45, 7) is 1.38. The lowest BCUT2D eigenvalue weighted by atomic mass is 9.85. The summed E-state index contributed by atoms with van der Waals surface area (Å²) in [5.41, 5.74) is 6.40. The van der Waals surface area contributed by atoms with Crippen molar-refractivity contribution in [1.29, 1.82) is 0 Å². The van der Waals surface area contributed by atoms with Crippen LogP contribution in [0.5, 0.6) is 0 Å². The van der Waals surface area contributed by atoms with Gasteiger partial charge in [0.15, 0.2) is 0 Å². The molecule has 4 heteroatoms. The number of carbonyl (C=O) groups is 2. The summed E-state index contributed by atoms with van der Waals surface area (Å²) in [5, 5.41) is 0. The molecule has 0 aromatic heterocycles. The van der Waals surface area contributed by atoms with Crippen molar-refractivity contribution in [2.24, 2.45) is 10.9 Å². The maximum absolute atomic E-state index is 12.7. The van der Waals surface area contributed by atoms with E-state index in [0.29, 0.717) is 19.5 Å². The van der Waals surface area contributed by atoms with Crippen molar-refractivity contribution < 1.29 is 9.59 Å². The smallest absolute Gasteiger partial charge is 0.257 e. The highest BCUT2D eigenvalue weighted by Crippen LogP contribution is 2.31. The van der Waals surface area contributed by atoms with E-state index in [0.717, 1.165) is 22.3 Å². The average Bonchev–Trinajstić information content (AvgIpc) is 3.20. The summed E-state index contributed by atoms with van der Waals surface area (Å²) in [6.07, 6.45) is 9.73. The molecule has 29 heavy (non-hydrogen) atoms. The Morgan fingerprint density at radius 2 is 1.72 bits per heavy atom. The van der Waals surface area contributed by atoms with E-state index in [2.05, 4.69) is 17.1 Å². The van der Waals surface area contributed by atoms with E-state index in [1.54, 1.807) is 6.21 Å². The zero-order chi connectivity index (χ0) is 19.8. The second-order valence-electron chi connectivity index (χ2n) is 7.58. The molecule has 4 nitrogen and oxygen atoms in total. The average molecular weight is 380 g/mol. The van der Waals surface area contributed by atoms with Gasteiger partial charge >= 0.3 is 0 Å². The second kappa shape index (κ2) is 7.13.